The Morgan fingerprint density at radius 1 is 1.29 bits per heavy atom. The number of rotatable bonds is 7. The van der Waals surface area contributed by atoms with E-state index in [1.165, 1.54) is 36.8 Å². The Morgan fingerprint density at radius 3 is 2.62 bits per heavy atom. The second-order valence-electron chi connectivity index (χ2n) is 6.52. The summed E-state index contributed by atoms with van der Waals surface area (Å²) in [5.41, 5.74) is 9.53. The molecule has 1 aliphatic rings. The van der Waals surface area contributed by atoms with Gasteiger partial charge in [0, 0.05) is 18.8 Å². The van der Waals surface area contributed by atoms with Gasteiger partial charge in [0.25, 0.3) is 0 Å². The molecule has 3 N–H and O–H groups in total. The fraction of sp³-hybridized carbons (Fsp3) is 0.632. The predicted molar refractivity (Wildman–Crippen MR) is 113 cm³/mol. The SMILES string of the molecule is CCOC(CCN=C(N)Nc1ccc(C)c(C)c1)C1CCCC1.I. The van der Waals surface area contributed by atoms with Crippen LogP contribution in [0.2, 0.25) is 0 Å². The van der Waals surface area contributed by atoms with Gasteiger partial charge in [0.15, 0.2) is 5.96 Å². The van der Waals surface area contributed by atoms with Crippen LogP contribution in [0.25, 0.3) is 0 Å². The summed E-state index contributed by atoms with van der Waals surface area (Å²) in [6, 6.07) is 6.22. The molecule has 0 spiro atoms. The van der Waals surface area contributed by atoms with Crippen molar-refractivity contribution in [2.75, 3.05) is 18.5 Å². The Hall–Kier alpha value is -0.820. The number of aryl methyl sites for hydroxylation is 2. The summed E-state index contributed by atoms with van der Waals surface area (Å²) in [6.45, 7) is 7.77. The van der Waals surface area contributed by atoms with Gasteiger partial charge >= 0.3 is 0 Å². The molecule has 0 aliphatic heterocycles. The first-order valence-corrected chi connectivity index (χ1v) is 8.86. The monoisotopic (exact) mass is 445 g/mol. The summed E-state index contributed by atoms with van der Waals surface area (Å²) in [5, 5.41) is 3.17. The molecule has 0 radical (unpaired) electrons. The van der Waals surface area contributed by atoms with Gasteiger partial charge in [-0.05, 0) is 69.2 Å². The van der Waals surface area contributed by atoms with Crippen LogP contribution >= 0.6 is 24.0 Å². The average Bonchev–Trinajstić information content (AvgIpc) is 3.04. The van der Waals surface area contributed by atoms with Crippen molar-refractivity contribution in [1.29, 1.82) is 0 Å². The lowest BCUT2D eigenvalue weighted by Crippen LogP contribution is -2.26. The molecule has 0 amide bonds. The molecular weight excluding hydrogens is 413 g/mol. The number of hydrogen-bond donors (Lipinski definition) is 2. The fourth-order valence-corrected chi connectivity index (χ4v) is 3.32. The van der Waals surface area contributed by atoms with Crippen molar-refractivity contribution < 1.29 is 4.74 Å². The first-order valence-electron chi connectivity index (χ1n) is 8.86. The van der Waals surface area contributed by atoms with E-state index in [9.17, 15) is 0 Å². The molecular formula is C19H32IN3O. The maximum atomic E-state index is 6.01. The van der Waals surface area contributed by atoms with E-state index in [1.807, 2.05) is 6.07 Å². The number of aliphatic imine (C=N–C) groups is 1. The molecule has 1 unspecified atom stereocenters. The van der Waals surface area contributed by atoms with E-state index in [4.69, 9.17) is 10.5 Å². The lowest BCUT2D eigenvalue weighted by molar-refractivity contribution is 0.0178. The molecule has 1 aliphatic carbocycles. The number of benzene rings is 1. The third-order valence-electron chi connectivity index (χ3n) is 4.78. The Kier molecular flexibility index (Phi) is 9.66. The Labute approximate surface area is 163 Å². The standard InChI is InChI=1S/C19H31N3O.HI/c1-4-23-18(16-7-5-6-8-16)11-12-21-19(20)22-17-10-9-14(2)15(3)13-17;/h9-10,13,16,18H,4-8,11-12H2,1-3H3,(H3,20,21,22);1H. The summed E-state index contributed by atoms with van der Waals surface area (Å²) in [4.78, 5) is 4.47. The zero-order chi connectivity index (χ0) is 16.7. The van der Waals surface area contributed by atoms with E-state index in [2.05, 4.69) is 43.2 Å². The number of guanidine groups is 1. The number of ether oxygens (including phenoxy) is 1. The Morgan fingerprint density at radius 2 is 2.00 bits per heavy atom. The molecule has 1 aromatic rings. The van der Waals surface area contributed by atoms with Crippen LogP contribution in [0, 0.1) is 19.8 Å². The molecule has 1 saturated carbocycles. The van der Waals surface area contributed by atoms with Gasteiger partial charge in [-0.3, -0.25) is 4.99 Å². The van der Waals surface area contributed by atoms with E-state index < -0.39 is 0 Å². The molecule has 0 aromatic heterocycles. The predicted octanol–water partition coefficient (Wildman–Crippen LogP) is 4.63. The van der Waals surface area contributed by atoms with Crippen molar-refractivity contribution >= 4 is 35.6 Å². The summed E-state index contributed by atoms with van der Waals surface area (Å²) >= 11 is 0. The highest BCUT2D eigenvalue weighted by atomic mass is 127. The number of anilines is 1. The van der Waals surface area contributed by atoms with Gasteiger partial charge < -0.3 is 15.8 Å². The highest BCUT2D eigenvalue weighted by molar-refractivity contribution is 14.0. The second-order valence-corrected chi connectivity index (χ2v) is 6.52. The third-order valence-corrected chi connectivity index (χ3v) is 4.78. The van der Waals surface area contributed by atoms with Crippen LogP contribution in [-0.2, 0) is 4.74 Å². The van der Waals surface area contributed by atoms with Crippen molar-refractivity contribution in [1.82, 2.24) is 0 Å². The van der Waals surface area contributed by atoms with Crippen LogP contribution in [0.15, 0.2) is 23.2 Å². The minimum absolute atomic E-state index is 0. The lowest BCUT2D eigenvalue weighted by Gasteiger charge is -2.22. The maximum absolute atomic E-state index is 6.01. The van der Waals surface area contributed by atoms with Crippen molar-refractivity contribution in [3.05, 3.63) is 29.3 Å². The number of nitrogens with two attached hydrogens (primary N) is 1. The largest absolute Gasteiger partial charge is 0.378 e. The molecule has 1 aromatic carbocycles. The summed E-state index contributed by atoms with van der Waals surface area (Å²) < 4.78 is 5.92. The third kappa shape index (κ3) is 6.59. The number of nitrogens with one attached hydrogen (secondary N) is 1. The number of halogens is 1. The van der Waals surface area contributed by atoms with Gasteiger partial charge in [-0.1, -0.05) is 18.9 Å². The van der Waals surface area contributed by atoms with Crippen molar-refractivity contribution in [2.45, 2.75) is 59.0 Å². The summed E-state index contributed by atoms with van der Waals surface area (Å²) in [6.07, 6.45) is 6.56. The maximum Gasteiger partial charge on any atom is 0.193 e. The molecule has 0 bridgehead atoms. The first-order chi connectivity index (χ1) is 11.1. The van der Waals surface area contributed by atoms with Crippen molar-refractivity contribution in [3.8, 4) is 0 Å². The normalized spacial score (nSPS) is 16.7. The van der Waals surface area contributed by atoms with E-state index >= 15 is 0 Å². The number of nitrogens with zero attached hydrogens (tertiary/aromatic N) is 1. The molecule has 136 valence electrons. The van der Waals surface area contributed by atoms with Crippen molar-refractivity contribution in [2.24, 2.45) is 16.6 Å². The van der Waals surface area contributed by atoms with Crippen LogP contribution < -0.4 is 11.1 Å². The van der Waals surface area contributed by atoms with E-state index in [-0.39, 0.29) is 24.0 Å². The average molecular weight is 445 g/mol. The van der Waals surface area contributed by atoms with Crippen LogP contribution in [0.3, 0.4) is 0 Å². The molecule has 1 atom stereocenters. The molecule has 0 heterocycles. The van der Waals surface area contributed by atoms with Crippen LogP contribution in [0.1, 0.15) is 50.2 Å². The van der Waals surface area contributed by atoms with Gasteiger partial charge in [-0.2, -0.15) is 0 Å². The van der Waals surface area contributed by atoms with Gasteiger partial charge in [0.05, 0.1) is 6.10 Å². The second kappa shape index (κ2) is 10.9. The molecule has 5 heteroatoms. The molecule has 24 heavy (non-hydrogen) atoms. The summed E-state index contributed by atoms with van der Waals surface area (Å²) in [7, 11) is 0. The van der Waals surface area contributed by atoms with E-state index in [0.717, 1.165) is 18.7 Å². The van der Waals surface area contributed by atoms with Crippen LogP contribution in [0.4, 0.5) is 5.69 Å². The zero-order valence-electron chi connectivity index (χ0n) is 15.2. The minimum atomic E-state index is 0. The van der Waals surface area contributed by atoms with Gasteiger partial charge in [0.2, 0.25) is 0 Å². The smallest absolute Gasteiger partial charge is 0.193 e. The lowest BCUT2D eigenvalue weighted by atomic mass is 9.98. The first kappa shape index (κ1) is 21.2. The van der Waals surface area contributed by atoms with Gasteiger partial charge in [0.1, 0.15) is 0 Å². The zero-order valence-corrected chi connectivity index (χ0v) is 17.5. The molecule has 4 nitrogen and oxygen atoms in total. The van der Waals surface area contributed by atoms with Gasteiger partial charge in [-0.25, -0.2) is 0 Å². The van der Waals surface area contributed by atoms with Crippen LogP contribution in [0.5, 0.6) is 0 Å². The quantitative estimate of drug-likeness (QED) is 0.366. The highest BCUT2D eigenvalue weighted by Crippen LogP contribution is 2.30. The molecule has 2 rings (SSSR count). The van der Waals surface area contributed by atoms with Crippen LogP contribution in [-0.4, -0.2) is 25.2 Å². The fourth-order valence-electron chi connectivity index (χ4n) is 3.32. The Balaban J connectivity index is 0.00000288. The molecule has 1 fully saturated rings. The Bertz CT molecular complexity index is 527. The van der Waals surface area contributed by atoms with E-state index in [1.54, 1.807) is 0 Å². The summed E-state index contributed by atoms with van der Waals surface area (Å²) in [5.74, 6) is 1.19. The van der Waals surface area contributed by atoms with E-state index in [0.29, 0.717) is 24.5 Å². The number of hydrogen-bond acceptors (Lipinski definition) is 2. The van der Waals surface area contributed by atoms with Crippen molar-refractivity contribution in [3.63, 3.8) is 0 Å². The molecule has 0 saturated heterocycles. The topological polar surface area (TPSA) is 59.6 Å². The minimum Gasteiger partial charge on any atom is -0.378 e. The van der Waals surface area contributed by atoms with Gasteiger partial charge in [-0.15, -0.1) is 24.0 Å². The highest BCUT2D eigenvalue weighted by Gasteiger charge is 2.24.